The molecule has 21 heavy (non-hydrogen) atoms. The van der Waals surface area contributed by atoms with Crippen molar-refractivity contribution >= 4 is 11.6 Å². The minimum Gasteiger partial charge on any atom is -0.432 e. The van der Waals surface area contributed by atoms with Crippen LogP contribution in [0.3, 0.4) is 0 Å². The van der Waals surface area contributed by atoms with Crippen LogP contribution < -0.4 is 10.5 Å². The number of halogens is 1. The molecule has 1 aromatic carbocycles. The standard InChI is InChI=1S/C12H8FN5O3/c1-6-10(18(19)20)11(17-12(15)16-6)21-9-4-2-3-8(13)7(9)5-14/h2-4H,1H3,(H2,15,16,17). The fraction of sp³-hybridized carbons (Fsp3) is 0.0833. The Labute approximate surface area is 117 Å². The van der Waals surface area contributed by atoms with Gasteiger partial charge in [0.1, 0.15) is 23.1 Å². The first kappa shape index (κ1) is 14.1. The van der Waals surface area contributed by atoms with Crippen LogP contribution in [0.1, 0.15) is 11.3 Å². The molecule has 106 valence electrons. The number of nitrogen functional groups attached to an aromatic ring is 1. The lowest BCUT2D eigenvalue weighted by molar-refractivity contribution is -0.386. The molecule has 0 saturated carbocycles. The monoisotopic (exact) mass is 289 g/mol. The Morgan fingerprint density at radius 1 is 1.48 bits per heavy atom. The van der Waals surface area contributed by atoms with Crippen LogP contribution in [0.25, 0.3) is 0 Å². The number of rotatable bonds is 3. The number of ether oxygens (including phenoxy) is 1. The van der Waals surface area contributed by atoms with Gasteiger partial charge in [0.15, 0.2) is 5.75 Å². The van der Waals surface area contributed by atoms with Crippen molar-refractivity contribution in [2.75, 3.05) is 5.73 Å². The van der Waals surface area contributed by atoms with Crippen LogP contribution in [-0.2, 0) is 0 Å². The molecule has 0 aliphatic heterocycles. The normalized spacial score (nSPS) is 9.95. The highest BCUT2D eigenvalue weighted by Crippen LogP contribution is 2.33. The lowest BCUT2D eigenvalue weighted by atomic mass is 10.2. The molecule has 0 radical (unpaired) electrons. The topological polar surface area (TPSA) is 128 Å². The summed E-state index contributed by atoms with van der Waals surface area (Å²) in [7, 11) is 0. The number of nitro groups is 1. The van der Waals surface area contributed by atoms with E-state index in [0.29, 0.717) is 0 Å². The van der Waals surface area contributed by atoms with Gasteiger partial charge in [-0.05, 0) is 19.1 Å². The fourth-order valence-electron chi connectivity index (χ4n) is 1.64. The summed E-state index contributed by atoms with van der Waals surface area (Å²) in [5.41, 5.74) is 4.53. The second-order valence-corrected chi connectivity index (χ2v) is 3.90. The molecule has 1 aromatic heterocycles. The van der Waals surface area contributed by atoms with Gasteiger partial charge in [-0.15, -0.1) is 0 Å². The third-order valence-electron chi connectivity index (χ3n) is 2.52. The van der Waals surface area contributed by atoms with Gasteiger partial charge in [0, 0.05) is 0 Å². The summed E-state index contributed by atoms with van der Waals surface area (Å²) in [4.78, 5) is 17.6. The molecular formula is C12H8FN5O3. The smallest absolute Gasteiger partial charge is 0.352 e. The molecule has 0 spiro atoms. The maximum Gasteiger partial charge on any atom is 0.352 e. The number of hydrogen-bond acceptors (Lipinski definition) is 7. The summed E-state index contributed by atoms with van der Waals surface area (Å²) >= 11 is 0. The van der Waals surface area contributed by atoms with Gasteiger partial charge in [-0.3, -0.25) is 10.1 Å². The summed E-state index contributed by atoms with van der Waals surface area (Å²) in [6.45, 7) is 1.36. The second kappa shape index (κ2) is 5.38. The van der Waals surface area contributed by atoms with E-state index in [2.05, 4.69) is 9.97 Å². The van der Waals surface area contributed by atoms with Crippen LogP contribution in [0.4, 0.5) is 16.0 Å². The van der Waals surface area contributed by atoms with E-state index in [1.807, 2.05) is 0 Å². The number of nitrogens with two attached hydrogens (primary N) is 1. The van der Waals surface area contributed by atoms with Crippen LogP contribution in [-0.4, -0.2) is 14.9 Å². The molecule has 8 nitrogen and oxygen atoms in total. The zero-order valence-corrected chi connectivity index (χ0v) is 10.7. The highest BCUT2D eigenvalue weighted by atomic mass is 19.1. The number of aromatic nitrogens is 2. The van der Waals surface area contributed by atoms with Crippen LogP contribution in [0.2, 0.25) is 0 Å². The molecular weight excluding hydrogens is 281 g/mol. The van der Waals surface area contributed by atoms with Gasteiger partial charge in [0.05, 0.1) is 4.92 Å². The number of hydrogen-bond donors (Lipinski definition) is 1. The number of aryl methyl sites for hydroxylation is 1. The summed E-state index contributed by atoms with van der Waals surface area (Å²) in [6.07, 6.45) is 0. The zero-order chi connectivity index (χ0) is 15.6. The predicted molar refractivity (Wildman–Crippen MR) is 69.0 cm³/mol. The van der Waals surface area contributed by atoms with Crippen molar-refractivity contribution in [3.63, 3.8) is 0 Å². The van der Waals surface area contributed by atoms with Gasteiger partial charge in [-0.25, -0.2) is 9.37 Å². The fourth-order valence-corrected chi connectivity index (χ4v) is 1.64. The van der Waals surface area contributed by atoms with Crippen LogP contribution in [0.15, 0.2) is 18.2 Å². The Bertz CT molecular complexity index is 772. The highest BCUT2D eigenvalue weighted by molar-refractivity contribution is 5.52. The molecule has 0 amide bonds. The van der Waals surface area contributed by atoms with E-state index in [-0.39, 0.29) is 23.0 Å². The highest BCUT2D eigenvalue weighted by Gasteiger charge is 2.24. The van der Waals surface area contributed by atoms with E-state index >= 15 is 0 Å². The molecule has 0 aliphatic carbocycles. The van der Waals surface area contributed by atoms with Crippen molar-refractivity contribution in [1.29, 1.82) is 5.26 Å². The van der Waals surface area contributed by atoms with Gasteiger partial charge in [-0.2, -0.15) is 10.2 Å². The molecule has 0 unspecified atom stereocenters. The summed E-state index contributed by atoms with van der Waals surface area (Å²) in [5, 5.41) is 19.9. The minimum atomic E-state index is -0.809. The van der Waals surface area contributed by atoms with E-state index in [0.717, 1.165) is 6.07 Å². The molecule has 0 bridgehead atoms. The largest absolute Gasteiger partial charge is 0.432 e. The number of nitrogens with zero attached hydrogens (tertiary/aromatic N) is 4. The van der Waals surface area contributed by atoms with E-state index in [9.17, 15) is 14.5 Å². The molecule has 9 heteroatoms. The molecule has 0 fully saturated rings. The molecule has 0 saturated heterocycles. The molecule has 0 aliphatic rings. The van der Waals surface area contributed by atoms with Crippen molar-refractivity contribution in [1.82, 2.24) is 9.97 Å². The first-order valence-corrected chi connectivity index (χ1v) is 5.59. The SMILES string of the molecule is Cc1nc(N)nc(Oc2cccc(F)c2C#N)c1[N+](=O)[O-]. The van der Waals surface area contributed by atoms with E-state index < -0.39 is 22.3 Å². The van der Waals surface area contributed by atoms with E-state index in [1.54, 1.807) is 6.07 Å². The quantitative estimate of drug-likeness (QED) is 0.676. The van der Waals surface area contributed by atoms with Crippen molar-refractivity contribution in [2.45, 2.75) is 6.92 Å². The Kier molecular flexibility index (Phi) is 3.62. The van der Waals surface area contributed by atoms with Gasteiger partial charge >= 0.3 is 11.6 Å². The molecule has 2 rings (SSSR count). The van der Waals surface area contributed by atoms with Crippen molar-refractivity contribution in [3.05, 3.63) is 45.4 Å². The van der Waals surface area contributed by atoms with Gasteiger partial charge < -0.3 is 10.5 Å². The first-order chi connectivity index (χ1) is 9.93. The van der Waals surface area contributed by atoms with Crippen LogP contribution in [0, 0.1) is 34.2 Å². The second-order valence-electron chi connectivity index (χ2n) is 3.90. The minimum absolute atomic E-state index is 0.00240. The maximum atomic E-state index is 13.5. The van der Waals surface area contributed by atoms with Gasteiger partial charge in [0.2, 0.25) is 5.95 Å². The van der Waals surface area contributed by atoms with Crippen LogP contribution >= 0.6 is 0 Å². The summed E-state index contributed by atoms with van der Waals surface area (Å²) in [5.74, 6) is -1.69. The molecule has 2 aromatic rings. The molecule has 1 heterocycles. The zero-order valence-electron chi connectivity index (χ0n) is 10.7. The lowest BCUT2D eigenvalue weighted by Gasteiger charge is -2.08. The lowest BCUT2D eigenvalue weighted by Crippen LogP contribution is -2.05. The Morgan fingerprint density at radius 2 is 2.19 bits per heavy atom. The third-order valence-corrected chi connectivity index (χ3v) is 2.52. The van der Waals surface area contributed by atoms with E-state index in [1.165, 1.54) is 19.1 Å². The average Bonchev–Trinajstić information content (AvgIpc) is 2.37. The number of nitriles is 1. The Balaban J connectivity index is 2.58. The van der Waals surface area contributed by atoms with Crippen molar-refractivity contribution in [3.8, 4) is 17.7 Å². The van der Waals surface area contributed by atoms with E-state index in [4.69, 9.17) is 15.7 Å². The number of benzene rings is 1. The molecule has 2 N–H and O–H groups in total. The maximum absolute atomic E-state index is 13.5. The summed E-state index contributed by atoms with van der Waals surface area (Å²) < 4.78 is 18.7. The summed E-state index contributed by atoms with van der Waals surface area (Å²) in [6, 6.07) is 5.28. The Morgan fingerprint density at radius 3 is 2.81 bits per heavy atom. The van der Waals surface area contributed by atoms with Crippen molar-refractivity contribution < 1.29 is 14.1 Å². The third kappa shape index (κ3) is 2.69. The van der Waals surface area contributed by atoms with Crippen molar-refractivity contribution in [2.24, 2.45) is 0 Å². The van der Waals surface area contributed by atoms with Gasteiger partial charge in [-0.1, -0.05) is 6.07 Å². The van der Waals surface area contributed by atoms with Crippen LogP contribution in [0.5, 0.6) is 11.6 Å². The number of anilines is 1. The first-order valence-electron chi connectivity index (χ1n) is 5.59. The predicted octanol–water partition coefficient (Wildman–Crippen LogP) is 2.08. The van der Waals surface area contributed by atoms with Gasteiger partial charge in [0.25, 0.3) is 0 Å². The average molecular weight is 289 g/mol. The Hall–Kier alpha value is -3.28. The molecule has 0 atom stereocenters.